The molecule has 3 heterocycles. The van der Waals surface area contributed by atoms with Crippen molar-refractivity contribution < 1.29 is 18.7 Å². The zero-order valence-corrected chi connectivity index (χ0v) is 29.2. The lowest BCUT2D eigenvalue weighted by Gasteiger charge is -2.40. The van der Waals surface area contributed by atoms with E-state index in [1.165, 1.54) is 0 Å². The minimum Gasteiger partial charge on any atom is -0.493 e. The van der Waals surface area contributed by atoms with Crippen LogP contribution < -0.4 is 15.4 Å². The molecule has 0 spiro atoms. The molecule has 11 heteroatoms. The molecule has 1 amide bonds. The summed E-state index contributed by atoms with van der Waals surface area (Å²) in [5, 5.41) is 6.98. The Balaban J connectivity index is 1.79. The Kier molecular flexibility index (Phi) is 9.73. The predicted octanol–water partition coefficient (Wildman–Crippen LogP) is 7.96. The highest BCUT2D eigenvalue weighted by Gasteiger charge is 2.41. The van der Waals surface area contributed by atoms with Gasteiger partial charge >= 0.3 is 6.09 Å². The van der Waals surface area contributed by atoms with E-state index in [4.69, 9.17) is 25.5 Å². The van der Waals surface area contributed by atoms with Gasteiger partial charge in [-0.25, -0.2) is 9.78 Å². The maximum absolute atomic E-state index is 13.3. The molecule has 0 saturated carbocycles. The lowest BCUT2D eigenvalue weighted by molar-refractivity contribution is 0.0196. The number of nitrogens with zero attached hydrogens (tertiary/aromatic N) is 3. The molecule has 0 radical (unpaired) electrons. The molecule has 1 aromatic heterocycles. The molecule has 2 aliphatic heterocycles. The van der Waals surface area contributed by atoms with Crippen LogP contribution in [0, 0.1) is 6.92 Å². The Labute approximate surface area is 262 Å². The SMILES string of the molecule is CNc1cc(C)nc(Nc2cc3c(c(C4=CCN(C(=O)OC(C)(C)C)CC(O[Si](C)(C)C(C)(C)C)C4)c2Cl)OCCC3)n1. The van der Waals surface area contributed by atoms with Crippen LogP contribution in [0.1, 0.15) is 71.2 Å². The first-order valence-corrected chi connectivity index (χ1v) is 18.4. The smallest absolute Gasteiger partial charge is 0.410 e. The van der Waals surface area contributed by atoms with Gasteiger partial charge in [-0.1, -0.05) is 38.4 Å². The molecule has 0 saturated heterocycles. The minimum atomic E-state index is -2.18. The van der Waals surface area contributed by atoms with Gasteiger partial charge in [0.25, 0.3) is 0 Å². The summed E-state index contributed by atoms with van der Waals surface area (Å²) in [6, 6.07) is 3.92. The number of hydrogen-bond donors (Lipinski definition) is 2. The van der Waals surface area contributed by atoms with E-state index in [1.807, 2.05) is 46.9 Å². The lowest BCUT2D eigenvalue weighted by Crippen LogP contribution is -2.48. The molecule has 0 fully saturated rings. The Hall–Kier alpha value is -2.82. The van der Waals surface area contributed by atoms with E-state index in [2.05, 4.69) is 60.5 Å². The first kappa shape index (κ1) is 33.1. The zero-order valence-electron chi connectivity index (χ0n) is 27.4. The van der Waals surface area contributed by atoms with Gasteiger partial charge < -0.3 is 29.4 Å². The average Bonchev–Trinajstić information content (AvgIpc) is 3.09. The van der Waals surface area contributed by atoms with Crippen LogP contribution in [-0.4, -0.2) is 67.7 Å². The number of aryl methyl sites for hydroxylation is 2. The second-order valence-electron chi connectivity index (χ2n) is 14.0. The van der Waals surface area contributed by atoms with Crippen molar-refractivity contribution in [2.45, 2.75) is 97.6 Å². The number of carbonyl (C=O) groups excluding carboxylic acids is 1. The summed E-state index contributed by atoms with van der Waals surface area (Å²) in [5.41, 5.74) is 3.84. The van der Waals surface area contributed by atoms with Gasteiger partial charge in [0.05, 0.1) is 23.4 Å². The Morgan fingerprint density at radius 2 is 1.88 bits per heavy atom. The highest BCUT2D eigenvalue weighted by atomic mass is 35.5. The highest BCUT2D eigenvalue weighted by Crippen LogP contribution is 2.46. The van der Waals surface area contributed by atoms with Gasteiger partial charge in [0, 0.05) is 37.5 Å². The number of anilines is 3. The van der Waals surface area contributed by atoms with Crippen LogP contribution in [0.25, 0.3) is 5.57 Å². The minimum absolute atomic E-state index is 0.00367. The summed E-state index contributed by atoms with van der Waals surface area (Å²) < 4.78 is 19.0. The van der Waals surface area contributed by atoms with Gasteiger partial charge in [-0.05, 0) is 82.3 Å². The number of aromatic nitrogens is 2. The van der Waals surface area contributed by atoms with Gasteiger partial charge in [0.2, 0.25) is 5.95 Å². The molecular formula is C32H48ClN5O4Si. The van der Waals surface area contributed by atoms with Crippen LogP contribution in [0.15, 0.2) is 18.2 Å². The monoisotopic (exact) mass is 629 g/mol. The number of hydrogen-bond acceptors (Lipinski definition) is 8. The first-order chi connectivity index (χ1) is 20.0. The fourth-order valence-corrected chi connectivity index (χ4v) is 6.68. The van der Waals surface area contributed by atoms with Crippen LogP contribution in [0.4, 0.5) is 22.2 Å². The Bertz CT molecular complexity index is 1380. The normalized spacial score (nSPS) is 17.8. The van der Waals surface area contributed by atoms with Crippen LogP contribution in [0.5, 0.6) is 5.75 Å². The summed E-state index contributed by atoms with van der Waals surface area (Å²) in [6.45, 7) is 20.1. The van der Waals surface area contributed by atoms with Crippen LogP contribution >= 0.6 is 11.6 Å². The summed E-state index contributed by atoms with van der Waals surface area (Å²) in [6.07, 6.45) is 3.84. The third-order valence-electron chi connectivity index (χ3n) is 8.16. The summed E-state index contributed by atoms with van der Waals surface area (Å²) in [4.78, 5) is 24.2. The average molecular weight is 630 g/mol. The maximum Gasteiger partial charge on any atom is 0.410 e. The zero-order chi connectivity index (χ0) is 31.7. The highest BCUT2D eigenvalue weighted by molar-refractivity contribution is 6.74. The molecule has 2 N–H and O–H groups in total. The van der Waals surface area contributed by atoms with Crippen molar-refractivity contribution in [2.24, 2.45) is 0 Å². The number of fused-ring (bicyclic) bond motifs is 1. The van der Waals surface area contributed by atoms with Crippen molar-refractivity contribution in [3.05, 3.63) is 40.1 Å². The molecule has 1 atom stereocenters. The second-order valence-corrected chi connectivity index (χ2v) is 19.1. The topological polar surface area (TPSA) is 97.8 Å². The third-order valence-corrected chi connectivity index (χ3v) is 13.1. The van der Waals surface area contributed by atoms with Crippen LogP contribution in [0.2, 0.25) is 23.2 Å². The van der Waals surface area contributed by atoms with Gasteiger partial charge in [0.1, 0.15) is 17.2 Å². The van der Waals surface area contributed by atoms with E-state index in [-0.39, 0.29) is 17.2 Å². The van der Waals surface area contributed by atoms with Crippen molar-refractivity contribution in [1.29, 1.82) is 0 Å². The van der Waals surface area contributed by atoms with E-state index in [1.54, 1.807) is 4.90 Å². The third kappa shape index (κ3) is 8.02. The molecule has 2 aromatic rings. The summed E-state index contributed by atoms with van der Waals surface area (Å²) >= 11 is 7.24. The molecule has 1 unspecified atom stereocenters. The predicted molar refractivity (Wildman–Crippen MR) is 177 cm³/mol. The van der Waals surface area contributed by atoms with E-state index < -0.39 is 13.9 Å². The van der Waals surface area contributed by atoms with Gasteiger partial charge in [0.15, 0.2) is 8.32 Å². The number of carbonyl (C=O) groups is 1. The van der Waals surface area contributed by atoms with Crippen molar-refractivity contribution in [1.82, 2.24) is 14.9 Å². The number of rotatable bonds is 6. The first-order valence-electron chi connectivity index (χ1n) is 15.1. The van der Waals surface area contributed by atoms with Crippen molar-refractivity contribution in [3.8, 4) is 5.75 Å². The van der Waals surface area contributed by atoms with Crippen LogP contribution in [0.3, 0.4) is 0 Å². The van der Waals surface area contributed by atoms with Gasteiger partial charge in [-0.15, -0.1) is 0 Å². The lowest BCUT2D eigenvalue weighted by atomic mass is 9.93. The van der Waals surface area contributed by atoms with E-state index in [0.29, 0.717) is 48.6 Å². The number of benzene rings is 1. The molecule has 236 valence electrons. The summed E-state index contributed by atoms with van der Waals surface area (Å²) in [7, 11) is -0.352. The van der Waals surface area contributed by atoms with Gasteiger partial charge in [-0.3, -0.25) is 0 Å². The molecule has 9 nitrogen and oxygen atoms in total. The fourth-order valence-electron chi connectivity index (χ4n) is 5.02. The largest absolute Gasteiger partial charge is 0.493 e. The van der Waals surface area contributed by atoms with E-state index in [9.17, 15) is 4.79 Å². The molecule has 0 aliphatic carbocycles. The number of amides is 1. The standard InChI is InChI=1S/C32H48ClN5O4Si/c1-20-16-25(34-8)37-29(35-20)36-24-18-22-12-11-15-40-28(22)26(27(24)33)21-13-14-38(30(39)41-31(2,3)4)19-23(17-21)42-43(9,10)32(5,6)7/h13,16,18,23H,11-12,14-15,17,19H2,1-10H3,(H2,34,35,36,37). The summed E-state index contributed by atoms with van der Waals surface area (Å²) in [5.74, 6) is 1.97. The Morgan fingerprint density at radius 1 is 1.16 bits per heavy atom. The van der Waals surface area contributed by atoms with Gasteiger partial charge in [-0.2, -0.15) is 4.98 Å². The molecule has 0 bridgehead atoms. The molecule has 43 heavy (non-hydrogen) atoms. The number of halogens is 1. The van der Waals surface area contributed by atoms with E-state index >= 15 is 0 Å². The molecular weight excluding hydrogens is 582 g/mol. The van der Waals surface area contributed by atoms with Crippen LogP contribution in [-0.2, 0) is 15.6 Å². The van der Waals surface area contributed by atoms with Crippen molar-refractivity contribution in [2.75, 3.05) is 37.4 Å². The second kappa shape index (κ2) is 12.7. The quantitative estimate of drug-likeness (QED) is 0.311. The fraction of sp³-hybridized carbons (Fsp3) is 0.594. The maximum atomic E-state index is 13.3. The van der Waals surface area contributed by atoms with Crippen molar-refractivity contribution >= 4 is 49.0 Å². The molecule has 1 aromatic carbocycles. The molecule has 2 aliphatic rings. The Morgan fingerprint density at radius 3 is 2.53 bits per heavy atom. The number of nitrogens with one attached hydrogen (secondary N) is 2. The van der Waals surface area contributed by atoms with Crippen molar-refractivity contribution in [3.63, 3.8) is 0 Å². The van der Waals surface area contributed by atoms with E-state index in [0.717, 1.165) is 41.0 Å². The molecule has 4 rings (SSSR count). The number of ether oxygens (including phenoxy) is 2.